The standard InChI is InChI=1S/C23H24N4O4S2/c1-3-31-22(30)18-15-6-4-5-7-16(15)33-21(18)24-17(28)12-32-23-25-20(29)19(26-27-23)14-10-8-13(2)9-11-14/h8-11H,3-7,12H2,1-2H3,(H,24,28)(H,25,27,29). The lowest BCUT2D eigenvalue weighted by Gasteiger charge is -2.12. The normalized spacial score (nSPS) is 12.8. The van der Waals surface area contributed by atoms with Crippen molar-refractivity contribution in [2.45, 2.75) is 44.7 Å². The summed E-state index contributed by atoms with van der Waals surface area (Å²) in [6, 6.07) is 7.43. The number of rotatable bonds is 7. The fraction of sp³-hybridized carbons (Fsp3) is 0.348. The molecule has 33 heavy (non-hydrogen) atoms. The van der Waals surface area contributed by atoms with Crippen LogP contribution < -0.4 is 10.9 Å². The van der Waals surface area contributed by atoms with Gasteiger partial charge in [0.2, 0.25) is 5.91 Å². The summed E-state index contributed by atoms with van der Waals surface area (Å²) in [7, 11) is 0. The number of nitrogens with one attached hydrogen (secondary N) is 2. The molecular weight excluding hydrogens is 460 g/mol. The van der Waals surface area contributed by atoms with Crippen molar-refractivity contribution in [3.8, 4) is 11.3 Å². The van der Waals surface area contributed by atoms with Gasteiger partial charge < -0.3 is 10.1 Å². The Balaban J connectivity index is 1.44. The van der Waals surface area contributed by atoms with Crippen molar-refractivity contribution in [3.63, 3.8) is 0 Å². The molecular formula is C23H24N4O4S2. The van der Waals surface area contributed by atoms with Crippen LogP contribution in [-0.2, 0) is 22.4 Å². The Morgan fingerprint density at radius 2 is 1.94 bits per heavy atom. The molecule has 8 nitrogen and oxygen atoms in total. The molecule has 1 amide bonds. The quantitative estimate of drug-likeness (QED) is 0.385. The number of aromatic nitrogens is 3. The fourth-order valence-corrected chi connectivity index (χ4v) is 5.55. The highest BCUT2D eigenvalue weighted by Crippen LogP contribution is 2.38. The minimum atomic E-state index is -0.401. The molecule has 172 valence electrons. The average molecular weight is 485 g/mol. The molecule has 0 saturated heterocycles. The maximum absolute atomic E-state index is 12.6. The van der Waals surface area contributed by atoms with E-state index in [2.05, 4.69) is 20.5 Å². The molecule has 2 heterocycles. The highest BCUT2D eigenvalue weighted by Gasteiger charge is 2.27. The largest absolute Gasteiger partial charge is 0.462 e. The lowest BCUT2D eigenvalue weighted by Crippen LogP contribution is -2.18. The maximum Gasteiger partial charge on any atom is 0.341 e. The second kappa shape index (κ2) is 10.3. The Bertz CT molecular complexity index is 1230. The molecule has 0 unspecified atom stereocenters. The first-order valence-electron chi connectivity index (χ1n) is 10.7. The first-order chi connectivity index (χ1) is 16.0. The molecule has 10 heteroatoms. The first kappa shape index (κ1) is 23.2. The minimum Gasteiger partial charge on any atom is -0.462 e. The van der Waals surface area contributed by atoms with Gasteiger partial charge in [-0.1, -0.05) is 41.6 Å². The summed E-state index contributed by atoms with van der Waals surface area (Å²) >= 11 is 2.52. The number of H-pyrrole nitrogens is 1. The van der Waals surface area contributed by atoms with E-state index in [4.69, 9.17) is 4.74 Å². The van der Waals surface area contributed by atoms with Gasteiger partial charge in [0.15, 0.2) is 10.9 Å². The molecule has 0 fully saturated rings. The van der Waals surface area contributed by atoms with Crippen molar-refractivity contribution in [1.82, 2.24) is 15.2 Å². The van der Waals surface area contributed by atoms with Crippen LogP contribution in [0.1, 0.15) is 46.1 Å². The molecule has 1 aromatic carbocycles. The van der Waals surface area contributed by atoms with Crippen LogP contribution >= 0.6 is 23.1 Å². The van der Waals surface area contributed by atoms with Gasteiger partial charge in [0.25, 0.3) is 5.56 Å². The van der Waals surface area contributed by atoms with Crippen molar-refractivity contribution in [3.05, 3.63) is 56.2 Å². The van der Waals surface area contributed by atoms with Crippen LogP contribution in [0, 0.1) is 6.92 Å². The molecule has 0 spiro atoms. The number of thiophene rings is 1. The van der Waals surface area contributed by atoms with Crippen molar-refractivity contribution < 1.29 is 14.3 Å². The van der Waals surface area contributed by atoms with Gasteiger partial charge in [-0.25, -0.2) is 4.79 Å². The third-order valence-corrected chi connectivity index (χ3v) is 7.32. The zero-order valence-corrected chi connectivity index (χ0v) is 20.0. The molecule has 2 aromatic heterocycles. The molecule has 2 N–H and O–H groups in total. The molecule has 0 aliphatic heterocycles. The van der Waals surface area contributed by atoms with E-state index in [1.165, 1.54) is 11.3 Å². The summed E-state index contributed by atoms with van der Waals surface area (Å²) in [6.45, 7) is 4.00. The zero-order valence-electron chi connectivity index (χ0n) is 18.4. The number of ether oxygens (including phenoxy) is 1. The van der Waals surface area contributed by atoms with E-state index in [9.17, 15) is 14.4 Å². The summed E-state index contributed by atoms with van der Waals surface area (Å²) in [6.07, 6.45) is 3.81. The summed E-state index contributed by atoms with van der Waals surface area (Å²) < 4.78 is 5.22. The number of aromatic amines is 1. The molecule has 0 saturated carbocycles. The van der Waals surface area contributed by atoms with Crippen molar-refractivity contribution in [2.24, 2.45) is 0 Å². The number of hydrogen-bond acceptors (Lipinski definition) is 8. The van der Waals surface area contributed by atoms with E-state index < -0.39 is 5.97 Å². The fourth-order valence-electron chi connectivity index (χ4n) is 3.66. The van der Waals surface area contributed by atoms with Gasteiger partial charge in [-0.2, -0.15) is 0 Å². The highest BCUT2D eigenvalue weighted by atomic mass is 32.2. The zero-order chi connectivity index (χ0) is 23.4. The van der Waals surface area contributed by atoms with Gasteiger partial charge in [-0.3, -0.25) is 14.6 Å². The number of hydrogen-bond donors (Lipinski definition) is 2. The summed E-state index contributed by atoms with van der Waals surface area (Å²) in [5.74, 6) is -0.685. The lowest BCUT2D eigenvalue weighted by atomic mass is 9.95. The van der Waals surface area contributed by atoms with Crippen LogP contribution in [0.15, 0.2) is 34.2 Å². The van der Waals surface area contributed by atoms with Crippen molar-refractivity contribution >= 4 is 40.0 Å². The van der Waals surface area contributed by atoms with Gasteiger partial charge in [-0.15, -0.1) is 21.5 Å². The molecule has 0 atom stereocenters. The topological polar surface area (TPSA) is 114 Å². The summed E-state index contributed by atoms with van der Waals surface area (Å²) in [4.78, 5) is 41.4. The van der Waals surface area contributed by atoms with Gasteiger partial charge in [0, 0.05) is 10.4 Å². The van der Waals surface area contributed by atoms with E-state index in [0.717, 1.165) is 53.4 Å². The number of carbonyl (C=O) groups is 2. The van der Waals surface area contributed by atoms with Crippen LogP contribution in [0.25, 0.3) is 11.3 Å². The molecule has 1 aliphatic rings. The Morgan fingerprint density at radius 3 is 2.67 bits per heavy atom. The van der Waals surface area contributed by atoms with E-state index in [0.29, 0.717) is 16.1 Å². The third kappa shape index (κ3) is 5.33. The number of anilines is 1. The van der Waals surface area contributed by atoms with Crippen molar-refractivity contribution in [2.75, 3.05) is 17.7 Å². The van der Waals surface area contributed by atoms with Gasteiger partial charge in [0.05, 0.1) is 17.9 Å². The van der Waals surface area contributed by atoms with Gasteiger partial charge in [-0.05, 0) is 45.1 Å². The molecule has 4 rings (SSSR count). The van der Waals surface area contributed by atoms with Crippen LogP contribution in [0.4, 0.5) is 5.00 Å². The Kier molecular flexibility index (Phi) is 7.24. The predicted octanol–water partition coefficient (Wildman–Crippen LogP) is 3.99. The minimum absolute atomic E-state index is 0.0132. The van der Waals surface area contributed by atoms with Crippen LogP contribution in [0.3, 0.4) is 0 Å². The van der Waals surface area contributed by atoms with Gasteiger partial charge >= 0.3 is 5.97 Å². The van der Waals surface area contributed by atoms with Crippen LogP contribution in [0.5, 0.6) is 0 Å². The number of carbonyl (C=O) groups excluding carboxylic acids is 2. The number of amides is 1. The van der Waals surface area contributed by atoms with Crippen LogP contribution in [0.2, 0.25) is 0 Å². The highest BCUT2D eigenvalue weighted by molar-refractivity contribution is 7.99. The maximum atomic E-state index is 12.6. The monoisotopic (exact) mass is 484 g/mol. The Morgan fingerprint density at radius 1 is 1.18 bits per heavy atom. The van der Waals surface area contributed by atoms with E-state index in [-0.39, 0.29) is 34.7 Å². The Labute approximate surface area is 199 Å². The second-order valence-corrected chi connectivity index (χ2v) is 9.72. The number of benzene rings is 1. The van der Waals surface area contributed by atoms with Gasteiger partial charge in [0.1, 0.15) is 5.00 Å². The average Bonchev–Trinajstić information content (AvgIpc) is 3.16. The number of esters is 1. The number of aryl methyl sites for hydroxylation is 2. The third-order valence-electron chi connectivity index (χ3n) is 5.25. The smallest absolute Gasteiger partial charge is 0.341 e. The summed E-state index contributed by atoms with van der Waals surface area (Å²) in [5.41, 5.74) is 3.09. The number of fused-ring (bicyclic) bond motifs is 1. The molecule has 0 radical (unpaired) electrons. The SMILES string of the molecule is CCOC(=O)c1c(NC(=O)CSc2nnc(-c3ccc(C)cc3)c(=O)[nH]2)sc2c1CCCC2. The lowest BCUT2D eigenvalue weighted by molar-refractivity contribution is -0.113. The van der Waals surface area contributed by atoms with E-state index in [1.807, 2.05) is 31.2 Å². The first-order valence-corrected chi connectivity index (χ1v) is 12.5. The molecule has 0 bridgehead atoms. The van der Waals surface area contributed by atoms with Crippen LogP contribution in [-0.4, -0.2) is 39.4 Å². The summed E-state index contributed by atoms with van der Waals surface area (Å²) in [5, 5.41) is 11.7. The van der Waals surface area contributed by atoms with Crippen molar-refractivity contribution in [1.29, 1.82) is 0 Å². The second-order valence-electron chi connectivity index (χ2n) is 7.65. The van der Waals surface area contributed by atoms with E-state index in [1.54, 1.807) is 6.92 Å². The molecule has 1 aliphatic carbocycles. The Hall–Kier alpha value is -2.98. The number of nitrogens with zero attached hydrogens (tertiary/aromatic N) is 2. The predicted molar refractivity (Wildman–Crippen MR) is 129 cm³/mol. The molecule has 3 aromatic rings. The number of thioether (sulfide) groups is 1. The van der Waals surface area contributed by atoms with E-state index >= 15 is 0 Å².